The van der Waals surface area contributed by atoms with Gasteiger partial charge in [0, 0.05) is 49.6 Å². The molecule has 34 heavy (non-hydrogen) atoms. The van der Waals surface area contributed by atoms with Crippen LogP contribution in [0.5, 0.6) is 0 Å². The molecule has 2 N–H and O–H groups in total. The lowest BCUT2D eigenvalue weighted by molar-refractivity contribution is -0.121. The number of nitrogens with two attached hydrogens (primary N) is 1. The molecular weight excluding hydrogens is 461 g/mol. The Balaban J connectivity index is 1.35. The summed E-state index contributed by atoms with van der Waals surface area (Å²) >= 11 is -0.0643. The number of halogens is 3. The molecule has 0 radical (unpaired) electrons. The molecule has 1 saturated carbocycles. The Labute approximate surface area is 204 Å². The third-order valence-electron chi connectivity index (χ3n) is 7.13. The van der Waals surface area contributed by atoms with Crippen molar-refractivity contribution in [2.75, 3.05) is 37.6 Å². The highest BCUT2D eigenvalue weighted by molar-refractivity contribution is 8.00. The Morgan fingerprint density at radius 2 is 1.88 bits per heavy atom. The molecule has 1 aliphatic carbocycles. The molecule has 5 nitrogen and oxygen atoms in total. The summed E-state index contributed by atoms with van der Waals surface area (Å²) in [5, 5.41) is 8.62. The van der Waals surface area contributed by atoms with Crippen molar-refractivity contribution in [2.45, 2.75) is 67.8 Å². The van der Waals surface area contributed by atoms with Gasteiger partial charge in [0.2, 0.25) is 0 Å². The lowest BCUT2D eigenvalue weighted by Gasteiger charge is -2.37. The highest BCUT2D eigenvalue weighted by atomic mass is 32.2. The fraction of sp³-hybridized carbons (Fsp3) is 0.680. The Kier molecular flexibility index (Phi) is 10.1. The van der Waals surface area contributed by atoms with Crippen LogP contribution in [0.1, 0.15) is 51.4 Å². The predicted molar refractivity (Wildman–Crippen MR) is 130 cm³/mol. The van der Waals surface area contributed by atoms with Crippen molar-refractivity contribution in [1.82, 2.24) is 4.90 Å². The van der Waals surface area contributed by atoms with Gasteiger partial charge in [-0.3, -0.25) is 9.69 Å². The zero-order valence-corrected chi connectivity index (χ0v) is 20.4. The van der Waals surface area contributed by atoms with Crippen LogP contribution in [0.25, 0.3) is 0 Å². The number of thioether (sulfide) groups is 1. The molecule has 1 aliphatic heterocycles. The second kappa shape index (κ2) is 12.8. The van der Waals surface area contributed by atoms with Gasteiger partial charge >= 0.3 is 5.51 Å². The zero-order chi connectivity index (χ0) is 24.6. The van der Waals surface area contributed by atoms with E-state index in [9.17, 15) is 18.0 Å². The van der Waals surface area contributed by atoms with Gasteiger partial charge in [0.15, 0.2) is 0 Å². The Hall–Kier alpha value is -1.76. The van der Waals surface area contributed by atoms with Gasteiger partial charge < -0.3 is 10.6 Å². The largest absolute Gasteiger partial charge is 0.446 e. The lowest BCUT2D eigenvalue weighted by atomic mass is 9.76. The number of carbonyl (C=O) groups excluding carboxylic acids is 1. The van der Waals surface area contributed by atoms with E-state index in [1.54, 1.807) is 12.1 Å². The van der Waals surface area contributed by atoms with E-state index in [1.807, 2.05) is 6.07 Å². The molecule has 1 atom stereocenters. The minimum Gasteiger partial charge on any atom is -0.369 e. The van der Waals surface area contributed by atoms with Crippen LogP contribution in [-0.4, -0.2) is 55.0 Å². The van der Waals surface area contributed by atoms with Crippen LogP contribution in [0, 0.1) is 23.2 Å². The number of ketones is 1. The van der Waals surface area contributed by atoms with E-state index in [4.69, 9.17) is 11.0 Å². The number of unbranched alkanes of at least 4 members (excludes halogenated alkanes) is 1. The maximum absolute atomic E-state index is 12.7. The van der Waals surface area contributed by atoms with Crippen LogP contribution in [-0.2, 0) is 4.79 Å². The van der Waals surface area contributed by atoms with E-state index in [0.29, 0.717) is 25.2 Å². The van der Waals surface area contributed by atoms with E-state index in [2.05, 4.69) is 15.9 Å². The number of carbonyl (C=O) groups is 1. The number of Topliss-reactive ketones (excluding diaryl/α,β-unsaturated/α-hetero) is 1. The average molecular weight is 497 g/mol. The first-order valence-electron chi connectivity index (χ1n) is 12.2. The second-order valence-corrected chi connectivity index (χ2v) is 10.6. The van der Waals surface area contributed by atoms with Gasteiger partial charge in [0.25, 0.3) is 0 Å². The van der Waals surface area contributed by atoms with Crippen molar-refractivity contribution in [3.8, 4) is 6.07 Å². The van der Waals surface area contributed by atoms with Gasteiger partial charge in [-0.25, -0.2) is 0 Å². The van der Waals surface area contributed by atoms with E-state index in [0.717, 1.165) is 70.5 Å². The first kappa shape index (κ1) is 26.8. The smallest absolute Gasteiger partial charge is 0.369 e. The molecule has 0 bridgehead atoms. The standard InChI is InChI=1S/C25H35F3N4OS/c26-25(27,28)34-22-5-3-4-21(18-22)32-16-14-31(15-17-32)13-11-19-7-9-20(10-8-19)24(30)23(33)6-1-2-12-29/h3-5,18-20,24H,1-2,6-11,13-17,30H2. The fourth-order valence-electron chi connectivity index (χ4n) is 5.08. The van der Waals surface area contributed by atoms with E-state index in [-0.39, 0.29) is 34.4 Å². The summed E-state index contributed by atoms with van der Waals surface area (Å²) < 4.78 is 38.0. The Morgan fingerprint density at radius 1 is 1.18 bits per heavy atom. The number of nitrogens with zero attached hydrogens (tertiary/aromatic N) is 3. The molecule has 0 aromatic heterocycles. The Bertz CT molecular complexity index is 828. The van der Waals surface area contributed by atoms with E-state index in [1.165, 1.54) is 6.07 Å². The maximum atomic E-state index is 12.7. The van der Waals surface area contributed by atoms with Gasteiger partial charge in [0.1, 0.15) is 5.78 Å². The summed E-state index contributed by atoms with van der Waals surface area (Å²) in [5.74, 6) is 1.02. The molecule has 9 heteroatoms. The Morgan fingerprint density at radius 3 is 2.53 bits per heavy atom. The SMILES string of the molecule is N#CCCCC(=O)C(N)C1CCC(CCN2CCN(c3cccc(SC(F)(F)F)c3)CC2)CC1. The molecule has 1 aromatic rings. The number of nitriles is 1. The molecule has 188 valence electrons. The number of benzene rings is 1. The number of rotatable bonds is 10. The van der Waals surface area contributed by atoms with Crippen LogP contribution in [0.15, 0.2) is 29.2 Å². The molecule has 1 saturated heterocycles. The molecule has 2 fully saturated rings. The summed E-state index contributed by atoms with van der Waals surface area (Å²) in [6.45, 7) is 4.49. The predicted octanol–water partition coefficient (Wildman–Crippen LogP) is 5.21. The number of anilines is 1. The van der Waals surface area contributed by atoms with E-state index < -0.39 is 5.51 Å². The van der Waals surface area contributed by atoms with Crippen LogP contribution in [0.2, 0.25) is 0 Å². The van der Waals surface area contributed by atoms with Crippen LogP contribution in [0.4, 0.5) is 18.9 Å². The number of hydrogen-bond donors (Lipinski definition) is 1. The minimum atomic E-state index is -4.27. The summed E-state index contributed by atoms with van der Waals surface area (Å²) in [6, 6.07) is 8.39. The molecule has 1 unspecified atom stereocenters. The highest BCUT2D eigenvalue weighted by Gasteiger charge is 2.30. The normalized spacial score (nSPS) is 22.9. The maximum Gasteiger partial charge on any atom is 0.446 e. The summed E-state index contributed by atoms with van der Waals surface area (Å²) in [4.78, 5) is 17.1. The molecule has 0 amide bonds. The van der Waals surface area contributed by atoms with E-state index >= 15 is 0 Å². The number of alkyl halides is 3. The monoisotopic (exact) mass is 496 g/mol. The van der Waals surface area contributed by atoms with Crippen molar-refractivity contribution in [1.29, 1.82) is 5.26 Å². The summed E-state index contributed by atoms with van der Waals surface area (Å²) in [6.07, 6.45) is 6.75. The quantitative estimate of drug-likeness (QED) is 0.354. The third kappa shape index (κ3) is 8.47. The molecule has 1 aromatic carbocycles. The topological polar surface area (TPSA) is 73.4 Å². The van der Waals surface area contributed by atoms with Gasteiger partial charge in [-0.2, -0.15) is 18.4 Å². The molecule has 2 aliphatic rings. The third-order valence-corrected chi connectivity index (χ3v) is 7.85. The van der Waals surface area contributed by atoms with Crippen molar-refractivity contribution < 1.29 is 18.0 Å². The van der Waals surface area contributed by atoms with Gasteiger partial charge in [-0.05, 0) is 74.0 Å². The lowest BCUT2D eigenvalue weighted by Crippen LogP contribution is -2.47. The van der Waals surface area contributed by atoms with Crippen molar-refractivity contribution in [3.63, 3.8) is 0 Å². The van der Waals surface area contributed by atoms with Crippen LogP contribution >= 0.6 is 11.8 Å². The van der Waals surface area contributed by atoms with Gasteiger partial charge in [0.05, 0.1) is 12.1 Å². The van der Waals surface area contributed by atoms with Gasteiger partial charge in [-0.15, -0.1) is 0 Å². The minimum absolute atomic E-state index is 0.0643. The number of hydrogen-bond acceptors (Lipinski definition) is 6. The molecule has 1 heterocycles. The number of piperazine rings is 1. The fourth-order valence-corrected chi connectivity index (χ4v) is 5.67. The first-order chi connectivity index (χ1) is 16.2. The zero-order valence-electron chi connectivity index (χ0n) is 19.6. The van der Waals surface area contributed by atoms with Gasteiger partial charge in [-0.1, -0.05) is 18.9 Å². The first-order valence-corrected chi connectivity index (χ1v) is 13.0. The van der Waals surface area contributed by atoms with Crippen molar-refractivity contribution in [3.05, 3.63) is 24.3 Å². The average Bonchev–Trinajstić information content (AvgIpc) is 2.82. The van der Waals surface area contributed by atoms with Crippen LogP contribution in [0.3, 0.4) is 0 Å². The second-order valence-electron chi connectivity index (χ2n) is 9.45. The molecule has 0 spiro atoms. The van der Waals surface area contributed by atoms with Crippen LogP contribution < -0.4 is 10.6 Å². The molecular formula is C25H35F3N4OS. The molecule has 3 rings (SSSR count). The van der Waals surface area contributed by atoms with Crippen molar-refractivity contribution >= 4 is 23.2 Å². The summed E-state index contributed by atoms with van der Waals surface area (Å²) in [7, 11) is 0. The van der Waals surface area contributed by atoms with Crippen molar-refractivity contribution in [2.24, 2.45) is 17.6 Å². The summed E-state index contributed by atoms with van der Waals surface area (Å²) in [5.41, 5.74) is 2.79. The highest BCUT2D eigenvalue weighted by Crippen LogP contribution is 2.38.